The minimum absolute atomic E-state index is 0.180. The van der Waals surface area contributed by atoms with Gasteiger partial charge in [0, 0.05) is 5.92 Å². The highest BCUT2D eigenvalue weighted by molar-refractivity contribution is 5.79. The number of ether oxygens (including phenoxy) is 2. The molecule has 0 saturated heterocycles. The fourth-order valence-electron chi connectivity index (χ4n) is 7.75. The number of nitrogens with zero attached hydrogens (tertiary/aromatic N) is 3. The van der Waals surface area contributed by atoms with E-state index in [0.29, 0.717) is 25.3 Å². The van der Waals surface area contributed by atoms with Crippen molar-refractivity contribution < 1.29 is 14.3 Å². The minimum Gasteiger partial charge on any atom is -0.466 e. The predicted octanol–water partition coefficient (Wildman–Crippen LogP) is 2.57. The molecule has 0 radical (unpaired) electrons. The Labute approximate surface area is 207 Å². The Morgan fingerprint density at radius 3 is 2.36 bits per heavy atom. The summed E-state index contributed by atoms with van der Waals surface area (Å²) in [5, 5.41) is 0. The normalized spacial score (nSPS) is 29.7. The molecule has 8 heteroatoms. The van der Waals surface area contributed by atoms with Crippen LogP contribution in [0.4, 0.5) is 0 Å². The van der Waals surface area contributed by atoms with Crippen molar-refractivity contribution in [1.29, 1.82) is 0 Å². The molecule has 8 nitrogen and oxygen atoms in total. The van der Waals surface area contributed by atoms with E-state index in [0.717, 1.165) is 29.6 Å². The number of rotatable bonds is 4. The lowest BCUT2D eigenvalue weighted by molar-refractivity contribution is -0.160. The number of esters is 1. The number of hydrogen-bond donors (Lipinski definition) is 0. The molecule has 2 aliphatic carbocycles. The molecule has 2 bridgehead atoms. The molecule has 1 fully saturated rings. The molecule has 1 aromatic heterocycles. The molecule has 1 saturated carbocycles. The molecule has 4 heterocycles. The number of hydrogen-bond acceptors (Lipinski definition) is 5. The van der Waals surface area contributed by atoms with E-state index in [1.54, 1.807) is 28.4 Å². The summed E-state index contributed by atoms with van der Waals surface area (Å²) in [5.74, 6) is -1.15. The third-order valence-electron chi connectivity index (χ3n) is 8.80. The van der Waals surface area contributed by atoms with Gasteiger partial charge in [-0.25, -0.2) is 23.5 Å². The van der Waals surface area contributed by atoms with Gasteiger partial charge in [0.05, 0.1) is 37.0 Å². The van der Waals surface area contributed by atoms with Crippen molar-refractivity contribution in [1.82, 2.24) is 13.9 Å². The van der Waals surface area contributed by atoms with E-state index in [1.807, 2.05) is 48.5 Å². The number of benzene rings is 2. The van der Waals surface area contributed by atoms with Crippen molar-refractivity contribution in [3.05, 3.63) is 98.3 Å². The van der Waals surface area contributed by atoms with Crippen LogP contribution in [0.25, 0.3) is 5.69 Å². The van der Waals surface area contributed by atoms with Gasteiger partial charge in [0.1, 0.15) is 5.54 Å². The van der Waals surface area contributed by atoms with Crippen LogP contribution in [-0.2, 0) is 25.3 Å². The minimum atomic E-state index is -1.20. The highest BCUT2D eigenvalue weighted by atomic mass is 16.5. The van der Waals surface area contributed by atoms with Crippen LogP contribution in [0.1, 0.15) is 31.7 Å². The van der Waals surface area contributed by atoms with Crippen LogP contribution in [0, 0.1) is 11.8 Å². The summed E-state index contributed by atoms with van der Waals surface area (Å²) < 4.78 is 16.3. The number of carbonyl (C=O) groups excluding carboxylic acids is 1. The molecule has 4 atom stereocenters. The SMILES string of the molecule is CCOC(=O)[C@H]1[C@@H]2CCC[C@@]23C2=C(COC2)[C@]1(c1ccccc1)n1c(=O)n(-c2ccccc2)c(=O)n13. The Balaban J connectivity index is 1.68. The van der Waals surface area contributed by atoms with E-state index in [-0.39, 0.29) is 24.2 Å². The number of para-hydroxylation sites is 1. The second kappa shape index (κ2) is 7.43. The number of carbonyl (C=O) groups is 1. The maximum Gasteiger partial charge on any atom is 0.353 e. The highest BCUT2D eigenvalue weighted by Crippen LogP contribution is 2.66. The number of aromatic nitrogens is 3. The van der Waals surface area contributed by atoms with Gasteiger partial charge in [0.25, 0.3) is 0 Å². The fourth-order valence-corrected chi connectivity index (χ4v) is 7.75. The van der Waals surface area contributed by atoms with Crippen LogP contribution >= 0.6 is 0 Å². The molecule has 1 spiro atoms. The monoisotopic (exact) mass is 485 g/mol. The third-order valence-corrected chi connectivity index (χ3v) is 8.80. The van der Waals surface area contributed by atoms with Gasteiger partial charge in [-0.05, 0) is 48.6 Å². The van der Waals surface area contributed by atoms with Crippen LogP contribution in [0.3, 0.4) is 0 Å². The standard InChI is InChI=1S/C28H27N3O5/c1-2-36-24(32)23-20-14-9-15-27(20)21-16-35-17-22(21)28(23,18-10-5-3-6-11-18)31-26(34)29(25(33)30(27)31)19-12-7-4-8-13-19/h3-8,10-13,20,23H,2,9,14-17H2,1H3/t20-,23+,27-,28-/m0/s1. The molecular formula is C28H27N3O5. The van der Waals surface area contributed by atoms with E-state index < -0.39 is 22.7 Å². The first-order valence-electron chi connectivity index (χ1n) is 12.6. The maximum absolute atomic E-state index is 14.4. The molecule has 0 amide bonds. The molecule has 36 heavy (non-hydrogen) atoms. The van der Waals surface area contributed by atoms with Crippen LogP contribution in [0.2, 0.25) is 0 Å². The summed E-state index contributed by atoms with van der Waals surface area (Å²) in [5.41, 5.74) is 0.482. The summed E-state index contributed by atoms with van der Waals surface area (Å²) in [6, 6.07) is 18.6. The van der Waals surface area contributed by atoms with Gasteiger partial charge in [-0.3, -0.25) is 4.79 Å². The molecule has 2 aromatic carbocycles. The molecule has 0 N–H and O–H groups in total. The second-order valence-electron chi connectivity index (χ2n) is 10.1. The lowest BCUT2D eigenvalue weighted by atomic mass is 9.54. The molecule has 5 aliphatic rings. The van der Waals surface area contributed by atoms with Crippen molar-refractivity contribution in [2.45, 2.75) is 37.3 Å². The summed E-state index contributed by atoms with van der Waals surface area (Å²) in [6.07, 6.45) is 2.30. The van der Waals surface area contributed by atoms with Gasteiger partial charge in [-0.2, -0.15) is 0 Å². The topological polar surface area (TPSA) is 84.5 Å². The molecule has 0 unspecified atom stereocenters. The highest BCUT2D eigenvalue weighted by Gasteiger charge is 2.73. The predicted molar refractivity (Wildman–Crippen MR) is 131 cm³/mol. The third kappa shape index (κ3) is 2.31. The Hall–Kier alpha value is -3.65. The van der Waals surface area contributed by atoms with Crippen molar-refractivity contribution in [3.8, 4) is 5.69 Å². The van der Waals surface area contributed by atoms with E-state index in [4.69, 9.17) is 9.47 Å². The van der Waals surface area contributed by atoms with E-state index in [1.165, 1.54) is 4.57 Å². The van der Waals surface area contributed by atoms with Crippen LogP contribution in [0.15, 0.2) is 81.4 Å². The van der Waals surface area contributed by atoms with Gasteiger partial charge in [-0.1, -0.05) is 55.0 Å². The first-order valence-corrected chi connectivity index (χ1v) is 12.6. The van der Waals surface area contributed by atoms with Gasteiger partial charge in [-0.15, -0.1) is 0 Å². The van der Waals surface area contributed by atoms with Crippen molar-refractivity contribution in [2.75, 3.05) is 19.8 Å². The Morgan fingerprint density at radius 2 is 1.64 bits per heavy atom. The largest absolute Gasteiger partial charge is 0.466 e. The van der Waals surface area contributed by atoms with Gasteiger partial charge in [0.2, 0.25) is 0 Å². The molecule has 3 aromatic rings. The lowest BCUT2D eigenvalue weighted by Gasteiger charge is -2.59. The van der Waals surface area contributed by atoms with Gasteiger partial charge in [0.15, 0.2) is 0 Å². The van der Waals surface area contributed by atoms with E-state index in [9.17, 15) is 14.4 Å². The summed E-state index contributed by atoms with van der Waals surface area (Å²) in [4.78, 5) is 42.5. The smallest absolute Gasteiger partial charge is 0.353 e. The lowest BCUT2D eigenvalue weighted by Crippen LogP contribution is -2.71. The summed E-state index contributed by atoms with van der Waals surface area (Å²) in [7, 11) is 0. The Kier molecular flexibility index (Phi) is 4.46. The van der Waals surface area contributed by atoms with E-state index in [2.05, 4.69) is 0 Å². The fraction of sp³-hybridized carbons (Fsp3) is 0.393. The Morgan fingerprint density at radius 1 is 0.972 bits per heavy atom. The van der Waals surface area contributed by atoms with Crippen LogP contribution in [-0.4, -0.2) is 39.7 Å². The molecule has 8 rings (SSSR count). The molecule has 184 valence electrons. The van der Waals surface area contributed by atoms with Crippen LogP contribution < -0.4 is 11.4 Å². The van der Waals surface area contributed by atoms with Gasteiger partial charge < -0.3 is 9.47 Å². The second-order valence-corrected chi connectivity index (χ2v) is 10.1. The van der Waals surface area contributed by atoms with Crippen LogP contribution in [0.5, 0.6) is 0 Å². The zero-order chi connectivity index (χ0) is 24.7. The average molecular weight is 486 g/mol. The van der Waals surface area contributed by atoms with Crippen molar-refractivity contribution >= 4 is 5.97 Å². The summed E-state index contributed by atoms with van der Waals surface area (Å²) in [6.45, 7) is 2.75. The quantitative estimate of drug-likeness (QED) is 0.419. The Bertz CT molecular complexity index is 1530. The summed E-state index contributed by atoms with van der Waals surface area (Å²) >= 11 is 0. The first kappa shape index (κ1) is 21.6. The van der Waals surface area contributed by atoms with Gasteiger partial charge >= 0.3 is 17.3 Å². The van der Waals surface area contributed by atoms with Crippen molar-refractivity contribution in [2.24, 2.45) is 11.8 Å². The zero-order valence-corrected chi connectivity index (χ0v) is 20.1. The molecular weight excluding hydrogens is 458 g/mol. The molecule has 3 aliphatic heterocycles. The average Bonchev–Trinajstić information content (AvgIpc) is 3.62. The maximum atomic E-state index is 14.4. The first-order chi connectivity index (χ1) is 17.6. The van der Waals surface area contributed by atoms with Crippen molar-refractivity contribution in [3.63, 3.8) is 0 Å². The zero-order valence-electron chi connectivity index (χ0n) is 20.1. The van der Waals surface area contributed by atoms with E-state index >= 15 is 0 Å².